The predicted octanol–water partition coefficient (Wildman–Crippen LogP) is 3.99. The monoisotopic (exact) mass is 298 g/mol. The average Bonchev–Trinajstić information content (AvgIpc) is 3.03. The first-order valence-corrected chi connectivity index (χ1v) is 6.14. The number of benzene rings is 1. The molecular weight excluding hydrogens is 290 g/mol. The third-order valence-corrected chi connectivity index (χ3v) is 3.53. The summed E-state index contributed by atoms with van der Waals surface area (Å²) >= 11 is 3.21. The average molecular weight is 299 g/mol. The number of hydrogen-bond donors (Lipinski definition) is 1. The van der Waals surface area contributed by atoms with Gasteiger partial charge in [-0.15, -0.1) is 0 Å². The van der Waals surface area contributed by atoms with E-state index in [0.717, 1.165) is 17.8 Å². The first kappa shape index (κ1) is 10.9. The first-order valence-electron chi connectivity index (χ1n) is 5.35. The predicted molar refractivity (Wildman–Crippen MR) is 63.6 cm³/mol. The summed E-state index contributed by atoms with van der Waals surface area (Å²) in [6, 6.07) is 2.26. The Hall–Kier alpha value is -1.23. The lowest BCUT2D eigenvalue weighted by Crippen LogP contribution is -1.89. The third kappa shape index (κ3) is 1.99. The molecule has 1 heterocycles. The molecule has 5 heteroatoms. The van der Waals surface area contributed by atoms with E-state index in [9.17, 15) is 8.78 Å². The van der Waals surface area contributed by atoms with Crippen LogP contribution in [0.1, 0.15) is 24.5 Å². The largest absolute Gasteiger partial charge is 0.342 e. The maximum atomic E-state index is 13.2. The molecular formula is C12H9BrF2N2. The second-order valence-electron chi connectivity index (χ2n) is 4.21. The Kier molecular flexibility index (Phi) is 2.50. The molecule has 1 saturated carbocycles. The second-order valence-corrected chi connectivity index (χ2v) is 5.06. The van der Waals surface area contributed by atoms with E-state index in [4.69, 9.17) is 0 Å². The quantitative estimate of drug-likeness (QED) is 0.834. The van der Waals surface area contributed by atoms with E-state index in [-0.39, 0.29) is 0 Å². The van der Waals surface area contributed by atoms with Crippen molar-refractivity contribution in [2.45, 2.75) is 18.8 Å². The summed E-state index contributed by atoms with van der Waals surface area (Å²) in [5.74, 6) is -0.611. The van der Waals surface area contributed by atoms with Crippen LogP contribution < -0.4 is 0 Å². The fourth-order valence-electron chi connectivity index (χ4n) is 1.78. The molecule has 88 valence electrons. The van der Waals surface area contributed by atoms with Crippen LogP contribution in [0.25, 0.3) is 11.4 Å². The van der Waals surface area contributed by atoms with E-state index in [0.29, 0.717) is 21.8 Å². The molecule has 0 atom stereocenters. The van der Waals surface area contributed by atoms with Crippen LogP contribution >= 0.6 is 15.9 Å². The van der Waals surface area contributed by atoms with Gasteiger partial charge in [-0.25, -0.2) is 13.8 Å². The molecule has 1 N–H and O–H groups in total. The van der Waals surface area contributed by atoms with Crippen LogP contribution in [0.3, 0.4) is 0 Å². The topological polar surface area (TPSA) is 28.7 Å². The number of nitrogens with one attached hydrogen (secondary N) is 1. The van der Waals surface area contributed by atoms with Crippen molar-refractivity contribution in [1.29, 1.82) is 0 Å². The van der Waals surface area contributed by atoms with Crippen molar-refractivity contribution in [2.75, 3.05) is 0 Å². The van der Waals surface area contributed by atoms with Crippen LogP contribution in [0, 0.1) is 11.6 Å². The number of H-pyrrole nitrogens is 1. The van der Waals surface area contributed by atoms with Gasteiger partial charge in [0.15, 0.2) is 11.6 Å². The summed E-state index contributed by atoms with van der Waals surface area (Å²) in [4.78, 5) is 7.35. The minimum Gasteiger partial charge on any atom is -0.342 e. The van der Waals surface area contributed by atoms with Crippen LogP contribution in [0.5, 0.6) is 0 Å². The maximum Gasteiger partial charge on any atom is 0.159 e. The number of aromatic amines is 1. The number of imidazole rings is 1. The number of rotatable bonds is 2. The van der Waals surface area contributed by atoms with Crippen molar-refractivity contribution in [3.63, 3.8) is 0 Å². The van der Waals surface area contributed by atoms with Gasteiger partial charge < -0.3 is 4.98 Å². The molecule has 17 heavy (non-hydrogen) atoms. The molecule has 0 unspecified atom stereocenters. The fraction of sp³-hybridized carbons (Fsp3) is 0.250. The number of aromatic nitrogens is 2. The molecule has 0 aliphatic heterocycles. The summed E-state index contributed by atoms with van der Waals surface area (Å²) < 4.78 is 26.7. The Labute approximate surface area is 105 Å². The highest BCUT2D eigenvalue weighted by atomic mass is 79.9. The van der Waals surface area contributed by atoms with E-state index in [1.807, 2.05) is 0 Å². The molecule has 1 fully saturated rings. The zero-order valence-corrected chi connectivity index (χ0v) is 10.4. The van der Waals surface area contributed by atoms with E-state index < -0.39 is 11.6 Å². The van der Waals surface area contributed by atoms with Gasteiger partial charge in [0.25, 0.3) is 0 Å². The van der Waals surface area contributed by atoms with E-state index in [1.165, 1.54) is 12.8 Å². The normalized spacial score (nSPS) is 15.2. The number of hydrogen-bond acceptors (Lipinski definition) is 1. The molecule has 3 rings (SSSR count). The standard InChI is InChI=1S/C12H9BrF2N2/c13-8-4-10(15)9(14)3-7(8)12-16-5-11(17-12)6-1-2-6/h3-6H,1-2H2,(H,16,17). The zero-order chi connectivity index (χ0) is 12.0. The molecule has 1 aliphatic rings. The molecule has 1 aliphatic carbocycles. The molecule has 0 amide bonds. The van der Waals surface area contributed by atoms with Crippen molar-refractivity contribution in [2.24, 2.45) is 0 Å². The van der Waals surface area contributed by atoms with Gasteiger partial charge in [0.2, 0.25) is 0 Å². The highest BCUT2D eigenvalue weighted by Gasteiger charge is 2.25. The highest BCUT2D eigenvalue weighted by molar-refractivity contribution is 9.10. The molecule has 1 aromatic heterocycles. The lowest BCUT2D eigenvalue weighted by molar-refractivity contribution is 0.508. The minimum atomic E-state index is -0.868. The summed E-state index contributed by atoms with van der Waals surface area (Å²) in [7, 11) is 0. The fourth-order valence-corrected chi connectivity index (χ4v) is 2.28. The molecule has 0 radical (unpaired) electrons. The van der Waals surface area contributed by atoms with Gasteiger partial charge in [0, 0.05) is 27.8 Å². The van der Waals surface area contributed by atoms with Crippen molar-refractivity contribution in [1.82, 2.24) is 9.97 Å². The lowest BCUT2D eigenvalue weighted by atomic mass is 10.2. The van der Waals surface area contributed by atoms with Gasteiger partial charge in [0.05, 0.1) is 0 Å². The van der Waals surface area contributed by atoms with E-state index in [2.05, 4.69) is 25.9 Å². The zero-order valence-electron chi connectivity index (χ0n) is 8.80. The van der Waals surface area contributed by atoms with E-state index in [1.54, 1.807) is 6.20 Å². The SMILES string of the molecule is Fc1cc(Br)c(-c2ncc(C3CC3)[nH]2)cc1F. The molecule has 0 spiro atoms. The van der Waals surface area contributed by atoms with E-state index >= 15 is 0 Å². The molecule has 0 bridgehead atoms. The van der Waals surface area contributed by atoms with Crippen LogP contribution in [-0.2, 0) is 0 Å². The van der Waals surface area contributed by atoms with Crippen LogP contribution in [-0.4, -0.2) is 9.97 Å². The minimum absolute atomic E-state index is 0.494. The lowest BCUT2D eigenvalue weighted by Gasteiger charge is -2.02. The van der Waals surface area contributed by atoms with Crippen LogP contribution in [0.4, 0.5) is 8.78 Å². The van der Waals surface area contributed by atoms with Crippen LogP contribution in [0.2, 0.25) is 0 Å². The van der Waals surface area contributed by atoms with Gasteiger partial charge in [-0.1, -0.05) is 0 Å². The van der Waals surface area contributed by atoms with Crippen molar-refractivity contribution >= 4 is 15.9 Å². The third-order valence-electron chi connectivity index (χ3n) is 2.88. The Morgan fingerprint density at radius 3 is 2.65 bits per heavy atom. The van der Waals surface area contributed by atoms with Crippen molar-refractivity contribution < 1.29 is 8.78 Å². The van der Waals surface area contributed by atoms with Gasteiger partial charge in [-0.3, -0.25) is 0 Å². The number of nitrogens with zero attached hydrogens (tertiary/aromatic N) is 1. The van der Waals surface area contributed by atoms with Crippen molar-refractivity contribution in [3.8, 4) is 11.4 Å². The molecule has 1 aromatic carbocycles. The Morgan fingerprint density at radius 2 is 1.94 bits per heavy atom. The highest BCUT2D eigenvalue weighted by Crippen LogP contribution is 2.40. The molecule has 2 nitrogen and oxygen atoms in total. The smallest absolute Gasteiger partial charge is 0.159 e. The van der Waals surface area contributed by atoms with Gasteiger partial charge >= 0.3 is 0 Å². The van der Waals surface area contributed by atoms with Gasteiger partial charge in [-0.2, -0.15) is 0 Å². The van der Waals surface area contributed by atoms with Gasteiger partial charge in [0.1, 0.15) is 5.82 Å². The second kappa shape index (κ2) is 3.91. The molecule has 0 saturated heterocycles. The summed E-state index contributed by atoms with van der Waals surface area (Å²) in [6.07, 6.45) is 4.10. The van der Waals surface area contributed by atoms with Crippen molar-refractivity contribution in [3.05, 3.63) is 40.1 Å². The molecule has 2 aromatic rings. The Bertz CT molecular complexity index is 576. The van der Waals surface area contributed by atoms with Crippen LogP contribution in [0.15, 0.2) is 22.8 Å². The summed E-state index contributed by atoms with van der Waals surface area (Å²) in [6.45, 7) is 0. The Balaban J connectivity index is 2.04. The van der Waals surface area contributed by atoms with Gasteiger partial charge in [-0.05, 0) is 40.9 Å². The summed E-state index contributed by atoms with van der Waals surface area (Å²) in [5, 5.41) is 0. The number of halogens is 3. The maximum absolute atomic E-state index is 13.2. The summed E-state index contributed by atoms with van der Waals surface area (Å²) in [5.41, 5.74) is 1.60. The Morgan fingerprint density at radius 1 is 1.24 bits per heavy atom. The first-order chi connectivity index (χ1) is 8.15.